The van der Waals surface area contributed by atoms with Crippen LogP contribution in [0.2, 0.25) is 0 Å². The number of likely N-dealkylation sites (tertiary alicyclic amines) is 1. The smallest absolute Gasteiger partial charge is 0.319 e. The van der Waals surface area contributed by atoms with Crippen LogP contribution in [-0.2, 0) is 13.0 Å². The molecule has 0 bridgehead atoms. The molecule has 0 spiro atoms. The van der Waals surface area contributed by atoms with E-state index in [-0.39, 0.29) is 36.7 Å². The second-order valence-electron chi connectivity index (χ2n) is 13.5. The zero-order valence-electron chi connectivity index (χ0n) is 26.8. The number of benzene rings is 2. The van der Waals surface area contributed by atoms with Crippen molar-refractivity contribution < 1.29 is 14.6 Å². The molecule has 246 valence electrons. The van der Waals surface area contributed by atoms with Crippen LogP contribution in [-0.4, -0.2) is 92.8 Å². The predicted octanol–water partition coefficient (Wildman–Crippen LogP) is 5.12. The van der Waals surface area contributed by atoms with E-state index in [0.29, 0.717) is 18.1 Å². The van der Waals surface area contributed by atoms with Gasteiger partial charge < -0.3 is 25.0 Å². The van der Waals surface area contributed by atoms with Crippen LogP contribution >= 0.6 is 11.3 Å². The van der Waals surface area contributed by atoms with Gasteiger partial charge in [-0.1, -0.05) is 47.7 Å². The highest BCUT2D eigenvalue weighted by Gasteiger charge is 2.36. The maximum Gasteiger partial charge on any atom is 0.319 e. The quantitative estimate of drug-likeness (QED) is 0.281. The third-order valence-electron chi connectivity index (χ3n) is 10.4. The molecule has 2 N–H and O–H groups in total. The average molecular weight is 654 g/mol. The molecule has 4 aromatic rings. The van der Waals surface area contributed by atoms with Crippen molar-refractivity contribution in [2.45, 2.75) is 82.2 Å². The number of hydrogen-bond acceptors (Lipinski definition) is 10. The number of carbonyl (C=O) groups excluding carboxylic acids is 1. The molecular weight excluding hydrogens is 611 g/mol. The SMILES string of the molecule is O=C(c1cc(NC2CCN(c3nc4ccccc4s3)CC2)nc(OC2CCCC2)n1)N1CC[C@@H](N2CCc3ccccc3C2)[C@H](O)C1. The summed E-state index contributed by atoms with van der Waals surface area (Å²) in [7, 11) is 0. The van der Waals surface area contributed by atoms with Crippen molar-refractivity contribution >= 4 is 38.4 Å². The van der Waals surface area contributed by atoms with Gasteiger partial charge in [0, 0.05) is 57.4 Å². The Morgan fingerprint density at radius 3 is 2.49 bits per heavy atom. The number of fused-ring (bicyclic) bond motifs is 2. The van der Waals surface area contributed by atoms with Crippen LogP contribution in [0.4, 0.5) is 10.9 Å². The van der Waals surface area contributed by atoms with Gasteiger partial charge in [0.2, 0.25) is 0 Å². The van der Waals surface area contributed by atoms with Crippen molar-refractivity contribution in [2.75, 3.05) is 42.9 Å². The number of aliphatic hydroxyl groups is 1. The Bertz CT molecular complexity index is 1680. The lowest BCUT2D eigenvalue weighted by atomic mass is 9.94. The number of amides is 1. The number of ether oxygens (including phenoxy) is 1. The molecule has 1 saturated carbocycles. The first kappa shape index (κ1) is 30.5. The van der Waals surface area contributed by atoms with Crippen LogP contribution in [0.5, 0.6) is 6.01 Å². The first-order valence-corrected chi connectivity index (χ1v) is 18.1. The molecule has 10 nitrogen and oxygen atoms in total. The maximum atomic E-state index is 13.9. The number of para-hydroxylation sites is 1. The molecule has 4 aliphatic rings. The van der Waals surface area contributed by atoms with Gasteiger partial charge in [0.05, 0.1) is 16.3 Å². The number of nitrogens with zero attached hydrogens (tertiary/aromatic N) is 6. The molecule has 0 radical (unpaired) electrons. The fraction of sp³-hybridized carbons (Fsp3) is 0.500. The van der Waals surface area contributed by atoms with E-state index in [1.54, 1.807) is 22.3 Å². The number of carbonyl (C=O) groups is 1. The van der Waals surface area contributed by atoms with Gasteiger partial charge >= 0.3 is 6.01 Å². The van der Waals surface area contributed by atoms with Crippen molar-refractivity contribution in [1.29, 1.82) is 0 Å². The van der Waals surface area contributed by atoms with E-state index in [0.717, 1.165) is 88.2 Å². The fourth-order valence-electron chi connectivity index (χ4n) is 7.73. The van der Waals surface area contributed by atoms with Crippen molar-refractivity contribution in [3.8, 4) is 6.01 Å². The first-order valence-electron chi connectivity index (χ1n) is 17.3. The van der Waals surface area contributed by atoms with Crippen LogP contribution in [0.3, 0.4) is 0 Å². The number of aromatic nitrogens is 3. The summed E-state index contributed by atoms with van der Waals surface area (Å²) >= 11 is 1.74. The monoisotopic (exact) mass is 653 g/mol. The Labute approximate surface area is 279 Å². The molecule has 2 aromatic carbocycles. The van der Waals surface area contributed by atoms with E-state index in [4.69, 9.17) is 14.7 Å². The van der Waals surface area contributed by atoms with E-state index < -0.39 is 6.10 Å². The number of piperidine rings is 2. The van der Waals surface area contributed by atoms with E-state index in [2.05, 4.69) is 62.6 Å². The lowest BCUT2D eigenvalue weighted by Gasteiger charge is -2.43. The molecule has 3 aliphatic heterocycles. The highest BCUT2D eigenvalue weighted by molar-refractivity contribution is 7.22. The van der Waals surface area contributed by atoms with Crippen LogP contribution in [0.1, 0.15) is 66.6 Å². The summed E-state index contributed by atoms with van der Waals surface area (Å²) in [4.78, 5) is 34.6. The van der Waals surface area contributed by atoms with Gasteiger partial charge in [-0.3, -0.25) is 9.69 Å². The van der Waals surface area contributed by atoms with Gasteiger partial charge in [0.15, 0.2) is 5.13 Å². The molecule has 0 unspecified atom stereocenters. The van der Waals surface area contributed by atoms with Gasteiger partial charge in [0.25, 0.3) is 5.91 Å². The molecule has 1 aliphatic carbocycles. The molecular formula is C36H43N7O3S. The number of rotatable bonds is 7. The summed E-state index contributed by atoms with van der Waals surface area (Å²) in [6.45, 7) is 4.43. The van der Waals surface area contributed by atoms with E-state index in [1.165, 1.54) is 15.8 Å². The molecule has 11 heteroatoms. The molecule has 2 saturated heterocycles. The molecule has 5 heterocycles. The van der Waals surface area contributed by atoms with Gasteiger partial charge in [-0.05, 0) is 74.6 Å². The Hall–Kier alpha value is -3.80. The largest absolute Gasteiger partial charge is 0.460 e. The maximum absolute atomic E-state index is 13.9. The molecule has 1 amide bonds. The molecule has 8 rings (SSSR count). The fourth-order valence-corrected chi connectivity index (χ4v) is 8.75. The van der Waals surface area contributed by atoms with E-state index >= 15 is 0 Å². The predicted molar refractivity (Wildman–Crippen MR) is 184 cm³/mol. The minimum Gasteiger partial charge on any atom is -0.460 e. The normalized spacial score (nSPS) is 22.8. The Morgan fingerprint density at radius 1 is 0.894 bits per heavy atom. The van der Waals surface area contributed by atoms with Gasteiger partial charge in [0.1, 0.15) is 17.6 Å². The second-order valence-corrected chi connectivity index (χ2v) is 14.5. The Balaban J connectivity index is 0.937. The number of aliphatic hydroxyl groups excluding tert-OH is 1. The van der Waals surface area contributed by atoms with Crippen molar-refractivity contribution in [2.24, 2.45) is 0 Å². The third kappa shape index (κ3) is 6.66. The third-order valence-corrected chi connectivity index (χ3v) is 11.5. The summed E-state index contributed by atoms with van der Waals surface area (Å²) in [5, 5.41) is 16.0. The van der Waals surface area contributed by atoms with Crippen LogP contribution in [0.25, 0.3) is 10.2 Å². The van der Waals surface area contributed by atoms with E-state index in [1.807, 2.05) is 6.07 Å². The molecule has 47 heavy (non-hydrogen) atoms. The van der Waals surface area contributed by atoms with Crippen molar-refractivity contribution in [3.63, 3.8) is 0 Å². The second kappa shape index (κ2) is 13.4. The number of hydrogen-bond donors (Lipinski definition) is 2. The van der Waals surface area contributed by atoms with Crippen LogP contribution in [0, 0.1) is 0 Å². The summed E-state index contributed by atoms with van der Waals surface area (Å²) in [6, 6.07) is 19.1. The summed E-state index contributed by atoms with van der Waals surface area (Å²) in [5.41, 5.74) is 4.10. The standard InChI is InChI=1S/C36H43N7O3S/c44-31-23-43(20-16-30(31)42-17-13-24-7-1-2-8-25(24)22-42)34(45)29-21-33(40-35(38-29)46-27-9-3-4-10-27)37-26-14-18-41(19-15-26)36-39-28-11-5-6-12-32(28)47-36/h1-2,5-8,11-12,21,26-27,30-31,44H,3-4,9-10,13-20,22-23H2,(H,37,38,40)/t30-,31-/m1/s1. The highest BCUT2D eigenvalue weighted by Crippen LogP contribution is 2.32. The topological polar surface area (TPSA) is 107 Å². The first-order chi connectivity index (χ1) is 23.1. The lowest BCUT2D eigenvalue weighted by Crippen LogP contribution is -2.56. The summed E-state index contributed by atoms with van der Waals surface area (Å²) in [6.07, 6.45) is 7.28. The number of anilines is 2. The summed E-state index contributed by atoms with van der Waals surface area (Å²) in [5.74, 6) is 0.441. The van der Waals surface area contributed by atoms with Crippen LogP contribution in [0.15, 0.2) is 54.6 Å². The molecule has 2 atom stereocenters. The summed E-state index contributed by atoms with van der Waals surface area (Å²) < 4.78 is 7.44. The zero-order valence-corrected chi connectivity index (χ0v) is 27.6. The van der Waals surface area contributed by atoms with Gasteiger partial charge in [-0.2, -0.15) is 9.97 Å². The number of nitrogens with one attached hydrogen (secondary N) is 1. The highest BCUT2D eigenvalue weighted by atomic mass is 32.1. The Kier molecular flexibility index (Phi) is 8.68. The number of β-amino-alcohol motifs (C(OH)–C–C–N with tert-alkyl or cyclic N) is 1. The molecule has 2 aromatic heterocycles. The van der Waals surface area contributed by atoms with Gasteiger partial charge in [-0.25, -0.2) is 4.98 Å². The Morgan fingerprint density at radius 2 is 1.68 bits per heavy atom. The average Bonchev–Trinajstić information content (AvgIpc) is 3.78. The molecule has 3 fully saturated rings. The lowest BCUT2D eigenvalue weighted by molar-refractivity contribution is -0.0139. The van der Waals surface area contributed by atoms with Gasteiger partial charge in [-0.15, -0.1) is 0 Å². The van der Waals surface area contributed by atoms with Crippen molar-refractivity contribution in [1.82, 2.24) is 24.8 Å². The van der Waals surface area contributed by atoms with E-state index in [9.17, 15) is 9.90 Å². The van der Waals surface area contributed by atoms with Crippen molar-refractivity contribution in [3.05, 3.63) is 71.4 Å². The minimum atomic E-state index is -0.618. The zero-order chi connectivity index (χ0) is 31.7. The van der Waals surface area contributed by atoms with Crippen LogP contribution < -0.4 is 15.0 Å². The number of thiazole rings is 1. The minimum absolute atomic E-state index is 0.0323.